The molecule has 4 saturated heterocycles. The summed E-state index contributed by atoms with van der Waals surface area (Å²) in [5.41, 5.74) is -0.596. The molecule has 4 aliphatic heterocycles. The van der Waals surface area contributed by atoms with Crippen LogP contribution in [0.4, 0.5) is 0 Å². The molecule has 5 aliphatic rings. The monoisotopic (exact) mass is 354 g/mol. The molecule has 8 atom stereocenters. The number of ether oxygens (including phenoxy) is 3. The molecule has 0 radical (unpaired) electrons. The van der Waals surface area contributed by atoms with E-state index in [9.17, 15) is 4.79 Å². The number of carbonyl (C=O) groups is 1. The van der Waals surface area contributed by atoms with Crippen LogP contribution in [0, 0.1) is 23.7 Å². The lowest BCUT2D eigenvalue weighted by Gasteiger charge is -2.59. The first kappa shape index (κ1) is 17.7. The third-order valence-corrected chi connectivity index (χ3v) is 6.80. The molecule has 5 rings (SSSR count). The Morgan fingerprint density at radius 1 is 1.16 bits per heavy atom. The summed E-state index contributed by atoms with van der Waals surface area (Å²) >= 11 is 0. The topological polar surface area (TPSA) is 63.2 Å². The van der Waals surface area contributed by atoms with Gasteiger partial charge in [-0.3, -0.25) is 4.79 Å². The van der Waals surface area contributed by atoms with Crippen molar-refractivity contribution in [1.82, 2.24) is 0 Å². The van der Waals surface area contributed by atoms with Gasteiger partial charge in [0.2, 0.25) is 12.1 Å². The van der Waals surface area contributed by atoms with Gasteiger partial charge in [0, 0.05) is 24.7 Å². The maximum Gasteiger partial charge on any atom is 0.308 e. The molecular formula is C19H30O6. The first-order valence-corrected chi connectivity index (χ1v) is 9.79. The van der Waals surface area contributed by atoms with Crippen LogP contribution in [-0.4, -0.2) is 29.9 Å². The van der Waals surface area contributed by atoms with Crippen LogP contribution in [0.2, 0.25) is 0 Å². The molecule has 0 amide bonds. The van der Waals surface area contributed by atoms with Crippen molar-refractivity contribution in [2.75, 3.05) is 0 Å². The van der Waals surface area contributed by atoms with Gasteiger partial charge in [0.1, 0.15) is 0 Å². The van der Waals surface area contributed by atoms with Crippen molar-refractivity contribution in [2.24, 2.45) is 23.7 Å². The first-order chi connectivity index (χ1) is 11.9. The lowest BCUT2D eigenvalue weighted by atomic mass is 9.58. The molecule has 1 spiro atoms. The standard InChI is InChI=1S/C19H30O6/c1-5-6-15(20)21-16-12(3)14-8-7-11(2)13-9-10-18(4)23-17(22-16)19(13,14)25-24-18/h11-14,16-17H,5-10H2,1-4H3/t11-,12-,13?,14?,16+,17-,18-,19-/m1/s1. The van der Waals surface area contributed by atoms with Gasteiger partial charge in [-0.15, -0.1) is 0 Å². The molecule has 142 valence electrons. The van der Waals surface area contributed by atoms with Crippen LogP contribution >= 0.6 is 0 Å². The van der Waals surface area contributed by atoms with E-state index >= 15 is 0 Å². The van der Waals surface area contributed by atoms with Crippen LogP contribution in [0.3, 0.4) is 0 Å². The van der Waals surface area contributed by atoms with Crippen molar-refractivity contribution in [3.8, 4) is 0 Å². The van der Waals surface area contributed by atoms with E-state index < -0.39 is 24.0 Å². The van der Waals surface area contributed by atoms with Gasteiger partial charge in [0.05, 0.1) is 0 Å². The predicted molar refractivity (Wildman–Crippen MR) is 87.8 cm³/mol. The van der Waals surface area contributed by atoms with E-state index in [2.05, 4.69) is 13.8 Å². The average Bonchev–Trinajstić information content (AvgIpc) is 2.79. The van der Waals surface area contributed by atoms with Crippen molar-refractivity contribution >= 4 is 5.97 Å². The highest BCUT2D eigenvalue weighted by Gasteiger charge is 2.69. The molecule has 1 aliphatic carbocycles. The number of rotatable bonds is 3. The Morgan fingerprint density at radius 2 is 1.96 bits per heavy atom. The molecule has 0 aromatic heterocycles. The summed E-state index contributed by atoms with van der Waals surface area (Å²) in [5.74, 6) is 0.0851. The second kappa shape index (κ2) is 6.19. The minimum Gasteiger partial charge on any atom is -0.435 e. The predicted octanol–water partition coefficient (Wildman–Crippen LogP) is 3.54. The summed E-state index contributed by atoms with van der Waals surface area (Å²) in [5, 5.41) is 0. The highest BCUT2D eigenvalue weighted by atomic mass is 17.3. The van der Waals surface area contributed by atoms with Gasteiger partial charge >= 0.3 is 5.97 Å². The first-order valence-electron chi connectivity index (χ1n) is 9.79. The van der Waals surface area contributed by atoms with E-state index in [4.69, 9.17) is 24.0 Å². The lowest BCUT2D eigenvalue weighted by Crippen LogP contribution is -2.70. The second-order valence-corrected chi connectivity index (χ2v) is 8.51. The zero-order chi connectivity index (χ0) is 17.8. The van der Waals surface area contributed by atoms with Crippen molar-refractivity contribution < 1.29 is 28.8 Å². The van der Waals surface area contributed by atoms with Crippen LogP contribution in [0.25, 0.3) is 0 Å². The van der Waals surface area contributed by atoms with E-state index in [0.29, 0.717) is 18.3 Å². The largest absolute Gasteiger partial charge is 0.435 e. The number of hydrogen-bond donors (Lipinski definition) is 0. The number of hydrogen-bond acceptors (Lipinski definition) is 6. The number of fused-ring (bicyclic) bond motifs is 2. The van der Waals surface area contributed by atoms with Crippen LogP contribution in [-0.2, 0) is 28.8 Å². The van der Waals surface area contributed by atoms with Gasteiger partial charge < -0.3 is 14.2 Å². The minimum atomic E-state index is -0.796. The third kappa shape index (κ3) is 2.64. The molecule has 1 saturated carbocycles. The quantitative estimate of drug-likeness (QED) is 0.571. The van der Waals surface area contributed by atoms with Gasteiger partial charge in [-0.2, -0.15) is 0 Å². The van der Waals surface area contributed by atoms with E-state index in [1.54, 1.807) is 0 Å². The fourth-order valence-corrected chi connectivity index (χ4v) is 5.40. The van der Waals surface area contributed by atoms with Crippen LogP contribution in [0.15, 0.2) is 0 Å². The zero-order valence-corrected chi connectivity index (χ0v) is 15.7. The van der Waals surface area contributed by atoms with Crippen molar-refractivity contribution in [3.05, 3.63) is 0 Å². The fraction of sp³-hybridized carbons (Fsp3) is 0.947. The highest BCUT2D eigenvalue weighted by Crippen LogP contribution is 2.60. The van der Waals surface area contributed by atoms with Gasteiger partial charge in [-0.1, -0.05) is 20.8 Å². The molecule has 6 heteroatoms. The van der Waals surface area contributed by atoms with Gasteiger partial charge in [0.15, 0.2) is 11.9 Å². The SMILES string of the molecule is CCCC(=O)O[C@H]1O[C@@H]2O[C@@]3(C)CCC4[C@H](C)CCC([C@H]1C)[C@]42OO3. The summed E-state index contributed by atoms with van der Waals surface area (Å²) in [6.45, 7) is 8.24. The number of esters is 1. The van der Waals surface area contributed by atoms with Crippen LogP contribution < -0.4 is 0 Å². The summed E-state index contributed by atoms with van der Waals surface area (Å²) in [6, 6.07) is 0. The Labute approximate surface area is 149 Å². The Balaban J connectivity index is 1.66. The van der Waals surface area contributed by atoms with Gasteiger partial charge in [-0.05, 0) is 44.4 Å². The molecule has 0 N–H and O–H groups in total. The average molecular weight is 354 g/mol. The smallest absolute Gasteiger partial charge is 0.308 e. The molecular weight excluding hydrogens is 324 g/mol. The Hall–Kier alpha value is -0.690. The Morgan fingerprint density at radius 3 is 2.72 bits per heavy atom. The minimum absolute atomic E-state index is 0.0433. The highest BCUT2D eigenvalue weighted by molar-refractivity contribution is 5.69. The van der Waals surface area contributed by atoms with Crippen LogP contribution in [0.1, 0.15) is 66.2 Å². The van der Waals surface area contributed by atoms with E-state index in [-0.39, 0.29) is 17.8 Å². The van der Waals surface area contributed by atoms with Crippen molar-refractivity contribution in [1.29, 1.82) is 0 Å². The van der Waals surface area contributed by atoms with E-state index in [1.807, 2.05) is 13.8 Å². The molecule has 0 aromatic carbocycles. The fourth-order valence-electron chi connectivity index (χ4n) is 5.40. The summed E-state index contributed by atoms with van der Waals surface area (Å²) in [4.78, 5) is 23.9. The summed E-state index contributed by atoms with van der Waals surface area (Å²) < 4.78 is 18.1. The second-order valence-electron chi connectivity index (χ2n) is 8.51. The molecule has 2 bridgehead atoms. The molecule has 0 aromatic rings. The molecule has 5 fully saturated rings. The van der Waals surface area contributed by atoms with E-state index in [1.165, 1.54) is 0 Å². The third-order valence-electron chi connectivity index (χ3n) is 6.80. The summed E-state index contributed by atoms with van der Waals surface area (Å²) in [6.07, 6.45) is 3.97. The maximum atomic E-state index is 12.0. The Kier molecular flexibility index (Phi) is 4.38. The normalized spacial score (nSPS) is 51.5. The molecule has 2 unspecified atom stereocenters. The number of carbonyl (C=O) groups excluding carboxylic acids is 1. The maximum absolute atomic E-state index is 12.0. The van der Waals surface area contributed by atoms with Crippen molar-refractivity contribution in [3.63, 3.8) is 0 Å². The summed E-state index contributed by atoms with van der Waals surface area (Å²) in [7, 11) is 0. The molecule has 4 heterocycles. The van der Waals surface area contributed by atoms with Crippen molar-refractivity contribution in [2.45, 2.75) is 90.2 Å². The lowest BCUT2D eigenvalue weighted by molar-refractivity contribution is -0.576. The van der Waals surface area contributed by atoms with Gasteiger partial charge in [-0.25, -0.2) is 9.78 Å². The van der Waals surface area contributed by atoms with E-state index in [0.717, 1.165) is 32.1 Å². The Bertz CT molecular complexity index is 538. The van der Waals surface area contributed by atoms with Gasteiger partial charge in [0.25, 0.3) is 0 Å². The molecule has 6 nitrogen and oxygen atoms in total. The zero-order valence-electron chi connectivity index (χ0n) is 15.7. The molecule has 25 heavy (non-hydrogen) atoms. The van der Waals surface area contributed by atoms with Crippen LogP contribution in [0.5, 0.6) is 0 Å².